The van der Waals surface area contributed by atoms with Gasteiger partial charge in [-0.15, -0.1) is 0 Å². The van der Waals surface area contributed by atoms with Gasteiger partial charge in [0.15, 0.2) is 5.78 Å². The molecule has 1 aromatic heterocycles. The number of nitrogens with two attached hydrogens (primary N) is 2. The van der Waals surface area contributed by atoms with Crippen LogP contribution in [-0.4, -0.2) is 16.8 Å². The van der Waals surface area contributed by atoms with Gasteiger partial charge in [-0.25, -0.2) is 0 Å². The fraction of sp³-hybridized carbons (Fsp3) is 0.500. The maximum atomic E-state index is 11.8. The van der Waals surface area contributed by atoms with E-state index in [1.165, 1.54) is 0 Å². The molecule has 0 bridgehead atoms. The van der Waals surface area contributed by atoms with E-state index < -0.39 is 0 Å². The molecule has 0 saturated heterocycles. The van der Waals surface area contributed by atoms with Gasteiger partial charge in [0, 0.05) is 30.1 Å². The molecule has 4 N–H and O–H groups in total. The van der Waals surface area contributed by atoms with Crippen LogP contribution < -0.4 is 11.5 Å². The Labute approximate surface area is 96.0 Å². The first kappa shape index (κ1) is 12.6. The van der Waals surface area contributed by atoms with Crippen LogP contribution in [0.2, 0.25) is 0 Å². The summed E-state index contributed by atoms with van der Waals surface area (Å²) in [6.45, 7) is 2.08. The van der Waals surface area contributed by atoms with E-state index in [-0.39, 0.29) is 18.2 Å². The van der Waals surface area contributed by atoms with E-state index in [9.17, 15) is 4.79 Å². The number of carbonyl (C=O) groups is 1. The summed E-state index contributed by atoms with van der Waals surface area (Å²) in [6, 6.07) is 1.32. The third kappa shape index (κ3) is 3.62. The van der Waals surface area contributed by atoms with Gasteiger partial charge in [0.05, 0.1) is 6.04 Å². The van der Waals surface area contributed by atoms with Crippen molar-refractivity contribution in [2.24, 2.45) is 5.73 Å². The average Bonchev–Trinajstić information content (AvgIpc) is 2.28. The fourth-order valence-corrected chi connectivity index (χ4v) is 1.49. The Morgan fingerprint density at radius 2 is 2.31 bits per heavy atom. The summed E-state index contributed by atoms with van der Waals surface area (Å²) in [5.74, 6) is 0.0353. The number of pyridine rings is 1. The van der Waals surface area contributed by atoms with Crippen LogP contribution >= 0.6 is 0 Å². The van der Waals surface area contributed by atoms with Crippen LogP contribution in [0.3, 0.4) is 0 Å². The third-order valence-corrected chi connectivity index (χ3v) is 2.59. The second-order valence-electron chi connectivity index (χ2n) is 3.97. The predicted octanol–water partition coefficient (Wildman–Crippen LogP) is 1.29. The maximum absolute atomic E-state index is 11.8. The molecule has 0 amide bonds. The maximum Gasteiger partial charge on any atom is 0.154 e. The van der Waals surface area contributed by atoms with Gasteiger partial charge in [-0.3, -0.25) is 9.78 Å². The first-order valence-corrected chi connectivity index (χ1v) is 5.61. The monoisotopic (exact) mass is 221 g/mol. The van der Waals surface area contributed by atoms with Crippen molar-refractivity contribution < 1.29 is 4.79 Å². The molecule has 1 rings (SSSR count). The summed E-state index contributed by atoms with van der Waals surface area (Å²) in [4.78, 5) is 15.7. The van der Waals surface area contributed by atoms with Crippen LogP contribution in [0.1, 0.15) is 31.7 Å². The zero-order valence-corrected chi connectivity index (χ0v) is 9.65. The number of aromatic nitrogens is 1. The Kier molecular flexibility index (Phi) is 4.92. The van der Waals surface area contributed by atoms with Gasteiger partial charge in [-0.2, -0.15) is 0 Å². The number of nitrogens with zero attached hydrogens (tertiary/aromatic N) is 1. The van der Waals surface area contributed by atoms with E-state index in [0.717, 1.165) is 24.8 Å². The molecule has 0 aliphatic rings. The number of rotatable bonds is 6. The minimum absolute atomic E-state index is 0.0353. The summed E-state index contributed by atoms with van der Waals surface area (Å²) >= 11 is 0. The molecule has 1 heterocycles. The van der Waals surface area contributed by atoms with E-state index in [4.69, 9.17) is 11.5 Å². The van der Waals surface area contributed by atoms with Crippen LogP contribution in [0.25, 0.3) is 0 Å². The van der Waals surface area contributed by atoms with Crippen molar-refractivity contribution >= 4 is 11.5 Å². The number of carbonyl (C=O) groups excluding carboxylic acids is 1. The summed E-state index contributed by atoms with van der Waals surface area (Å²) in [5.41, 5.74) is 12.9. The zero-order valence-electron chi connectivity index (χ0n) is 9.65. The molecule has 1 aromatic rings. The number of hydrogen-bond acceptors (Lipinski definition) is 4. The van der Waals surface area contributed by atoms with Crippen LogP contribution in [0.4, 0.5) is 5.69 Å². The van der Waals surface area contributed by atoms with Crippen molar-refractivity contribution in [2.75, 3.05) is 5.73 Å². The third-order valence-electron chi connectivity index (χ3n) is 2.59. The molecule has 4 heteroatoms. The van der Waals surface area contributed by atoms with Gasteiger partial charge in [0.25, 0.3) is 0 Å². The van der Waals surface area contributed by atoms with Gasteiger partial charge in [-0.1, -0.05) is 19.8 Å². The van der Waals surface area contributed by atoms with Crippen molar-refractivity contribution in [2.45, 2.75) is 38.6 Å². The molecule has 0 saturated carbocycles. The van der Waals surface area contributed by atoms with E-state index in [1.54, 1.807) is 18.5 Å². The lowest BCUT2D eigenvalue weighted by molar-refractivity contribution is -0.119. The summed E-state index contributed by atoms with van der Waals surface area (Å²) in [6.07, 6.45) is 6.30. The molecule has 16 heavy (non-hydrogen) atoms. The zero-order chi connectivity index (χ0) is 12.0. The molecular weight excluding hydrogens is 202 g/mol. The lowest BCUT2D eigenvalue weighted by Crippen LogP contribution is -2.31. The van der Waals surface area contributed by atoms with Gasteiger partial charge in [0.2, 0.25) is 0 Å². The smallest absolute Gasteiger partial charge is 0.154 e. The van der Waals surface area contributed by atoms with E-state index in [2.05, 4.69) is 11.9 Å². The SMILES string of the molecule is CCCCC(N)C(=O)Cc1cnccc1N. The largest absolute Gasteiger partial charge is 0.398 e. The Hall–Kier alpha value is -1.42. The highest BCUT2D eigenvalue weighted by molar-refractivity contribution is 5.86. The second-order valence-corrected chi connectivity index (χ2v) is 3.97. The predicted molar refractivity (Wildman–Crippen MR) is 64.9 cm³/mol. The quantitative estimate of drug-likeness (QED) is 0.758. The molecule has 0 aliphatic carbocycles. The Morgan fingerprint density at radius 3 is 2.94 bits per heavy atom. The molecular formula is C12H19N3O. The van der Waals surface area contributed by atoms with Crippen molar-refractivity contribution in [3.63, 3.8) is 0 Å². The molecule has 0 spiro atoms. The fourth-order valence-electron chi connectivity index (χ4n) is 1.49. The molecule has 0 aliphatic heterocycles. The number of anilines is 1. The number of nitrogen functional groups attached to an aromatic ring is 1. The van der Waals surface area contributed by atoms with E-state index >= 15 is 0 Å². The Balaban J connectivity index is 2.54. The first-order chi connectivity index (χ1) is 7.65. The van der Waals surface area contributed by atoms with Crippen molar-refractivity contribution in [3.05, 3.63) is 24.0 Å². The molecule has 0 radical (unpaired) electrons. The first-order valence-electron chi connectivity index (χ1n) is 5.61. The summed E-state index contributed by atoms with van der Waals surface area (Å²) in [5, 5.41) is 0. The van der Waals surface area contributed by atoms with Gasteiger partial charge in [0.1, 0.15) is 0 Å². The molecule has 1 unspecified atom stereocenters. The lowest BCUT2D eigenvalue weighted by Gasteiger charge is -2.10. The average molecular weight is 221 g/mol. The molecule has 4 nitrogen and oxygen atoms in total. The van der Waals surface area contributed by atoms with Gasteiger partial charge < -0.3 is 11.5 Å². The molecule has 0 fully saturated rings. The molecule has 1 atom stereocenters. The van der Waals surface area contributed by atoms with Crippen molar-refractivity contribution in [1.82, 2.24) is 4.98 Å². The highest BCUT2D eigenvalue weighted by Gasteiger charge is 2.14. The number of unbranched alkanes of at least 4 members (excludes halogenated alkanes) is 1. The Bertz CT molecular complexity index is 352. The summed E-state index contributed by atoms with van der Waals surface area (Å²) < 4.78 is 0. The standard InChI is InChI=1S/C12H19N3O/c1-2-3-4-11(14)12(16)7-9-8-15-6-5-10(9)13/h5-6,8,11H,2-4,7,14H2,1H3,(H2,13,15). The highest BCUT2D eigenvalue weighted by atomic mass is 16.1. The van der Waals surface area contributed by atoms with Crippen molar-refractivity contribution in [1.29, 1.82) is 0 Å². The topological polar surface area (TPSA) is 82.0 Å². The minimum Gasteiger partial charge on any atom is -0.398 e. The van der Waals surface area contributed by atoms with Crippen LogP contribution in [0.15, 0.2) is 18.5 Å². The van der Waals surface area contributed by atoms with Crippen LogP contribution in [0.5, 0.6) is 0 Å². The van der Waals surface area contributed by atoms with E-state index in [1.807, 2.05) is 0 Å². The van der Waals surface area contributed by atoms with Gasteiger partial charge in [-0.05, 0) is 12.5 Å². The number of ketones is 1. The lowest BCUT2D eigenvalue weighted by atomic mass is 10.0. The molecule has 0 aromatic carbocycles. The minimum atomic E-state index is -0.375. The van der Waals surface area contributed by atoms with Gasteiger partial charge >= 0.3 is 0 Å². The number of Topliss-reactive ketones (excluding diaryl/α,β-unsaturated/α-hetero) is 1. The second kappa shape index (κ2) is 6.23. The van der Waals surface area contributed by atoms with Crippen LogP contribution in [0, 0.1) is 0 Å². The number of hydrogen-bond donors (Lipinski definition) is 2. The van der Waals surface area contributed by atoms with Crippen LogP contribution in [-0.2, 0) is 11.2 Å². The Morgan fingerprint density at radius 1 is 1.56 bits per heavy atom. The summed E-state index contributed by atoms with van der Waals surface area (Å²) in [7, 11) is 0. The molecule has 88 valence electrons. The normalized spacial score (nSPS) is 12.4. The van der Waals surface area contributed by atoms with Crippen molar-refractivity contribution in [3.8, 4) is 0 Å². The highest BCUT2D eigenvalue weighted by Crippen LogP contribution is 2.11. The van der Waals surface area contributed by atoms with E-state index in [0.29, 0.717) is 5.69 Å².